The van der Waals surface area contributed by atoms with Crippen LogP contribution in [0.2, 0.25) is 0 Å². The van der Waals surface area contributed by atoms with E-state index in [9.17, 15) is 29.1 Å². The number of nitrogens with two attached hydrogens (primary N) is 1. The molecule has 3 aromatic carbocycles. The molecule has 0 aliphatic rings. The molecule has 0 spiro atoms. The number of benzene rings is 3. The maximum absolute atomic E-state index is 11.9. The Morgan fingerprint density at radius 3 is 1.26 bits per heavy atom. The number of carbonyl (C=O) groups excluding carboxylic acids is 4. The third-order valence-electron chi connectivity index (χ3n) is 9.80. The van der Waals surface area contributed by atoms with E-state index in [0.717, 1.165) is 32.1 Å². The van der Waals surface area contributed by atoms with E-state index in [1.807, 2.05) is 75.4 Å². The molecule has 6 atom stereocenters. The fraction of sp³-hybridized carbons (Fsp3) is 0.558. The van der Waals surface area contributed by atoms with Crippen LogP contribution >= 0.6 is 36.2 Å². The van der Waals surface area contributed by atoms with Gasteiger partial charge in [-0.15, -0.1) is 0 Å². The van der Waals surface area contributed by atoms with E-state index in [1.54, 1.807) is 27.7 Å². The average molecular weight is 980 g/mol. The molecule has 0 unspecified atom stereocenters. The minimum absolute atomic E-state index is 0. The predicted molar refractivity (Wildman–Crippen MR) is 278 cm³/mol. The largest absolute Gasteiger partial charge is 1.00 e. The van der Waals surface area contributed by atoms with E-state index in [1.165, 1.54) is 40.2 Å². The van der Waals surface area contributed by atoms with Gasteiger partial charge in [-0.1, -0.05) is 163 Å². The second-order valence-electron chi connectivity index (χ2n) is 17.8. The quantitative estimate of drug-likeness (QED) is 0.0458. The Morgan fingerprint density at radius 2 is 0.924 bits per heavy atom. The molecule has 14 heteroatoms. The molecule has 10 nitrogen and oxygen atoms in total. The van der Waals surface area contributed by atoms with Gasteiger partial charge in [0, 0.05) is 55.1 Å². The van der Waals surface area contributed by atoms with Gasteiger partial charge in [-0.05, 0) is 86.8 Å². The Morgan fingerprint density at radius 1 is 0.561 bits per heavy atom. The maximum atomic E-state index is 11.9. The van der Waals surface area contributed by atoms with E-state index >= 15 is 0 Å². The number of ketones is 2. The van der Waals surface area contributed by atoms with Crippen molar-refractivity contribution >= 4 is 63.9 Å². The van der Waals surface area contributed by atoms with Gasteiger partial charge in [0.25, 0.3) is 0 Å². The predicted octanol–water partition coefficient (Wildman–Crippen LogP) is 7.01. The summed E-state index contributed by atoms with van der Waals surface area (Å²) in [5.41, 5.74) is 9.52. The van der Waals surface area contributed by atoms with Crippen molar-refractivity contribution < 1.29 is 64.1 Å². The third-order valence-corrected chi connectivity index (χ3v) is 12.2. The van der Waals surface area contributed by atoms with Gasteiger partial charge in [-0.3, -0.25) is 24.0 Å². The number of hydrogen-bond acceptors (Lipinski definition) is 12. The molecule has 0 heterocycles. The van der Waals surface area contributed by atoms with Crippen LogP contribution in [0, 0.1) is 23.7 Å². The summed E-state index contributed by atoms with van der Waals surface area (Å²) in [7, 11) is 0. The molecular formula is C52H82N3NaO7S3. The summed E-state index contributed by atoms with van der Waals surface area (Å²) in [5, 5.41) is 16.2. The first-order chi connectivity index (χ1) is 30.1. The van der Waals surface area contributed by atoms with Crippen molar-refractivity contribution in [2.24, 2.45) is 29.4 Å². The number of carbonyl (C=O) groups is 5. The smallest absolute Gasteiger partial charge is 0.870 e. The van der Waals surface area contributed by atoms with Gasteiger partial charge < -0.3 is 26.9 Å². The molecule has 66 heavy (non-hydrogen) atoms. The van der Waals surface area contributed by atoms with E-state index in [2.05, 4.69) is 87.4 Å². The van der Waals surface area contributed by atoms with Gasteiger partial charge in [0.05, 0.1) is 6.04 Å². The fourth-order valence-electron chi connectivity index (χ4n) is 6.53. The SMILES string of the molecule is CC(=O)SC[C@@H](Cc1ccccc1)N[C@@H](CC(C)C)C(C)=O.CC(=O)SC[C@H](N)Cc1ccccc1.CC(=O)[C@H](C)CC(C)C.CC(C)C[C@H](N[C@@H](CS)Cc1ccccc1)C(=O)O.[Na+].[OH-]. The van der Waals surface area contributed by atoms with Gasteiger partial charge >= 0.3 is 35.5 Å². The van der Waals surface area contributed by atoms with Crippen molar-refractivity contribution in [1.29, 1.82) is 0 Å². The van der Waals surface area contributed by atoms with Crippen LogP contribution in [0.5, 0.6) is 0 Å². The van der Waals surface area contributed by atoms with E-state index in [0.29, 0.717) is 47.2 Å². The number of carboxylic acids is 1. The molecule has 0 radical (unpaired) electrons. The molecule has 0 saturated heterocycles. The minimum Gasteiger partial charge on any atom is -0.870 e. The first-order valence-electron chi connectivity index (χ1n) is 22.6. The number of nitrogens with one attached hydrogen (secondary N) is 2. The normalized spacial score (nSPS) is 13.3. The number of thiol groups is 1. The standard InChI is InChI=1S/C18H27NO2S.C15H23NO2S.C11H15NOS.C8H16O.Na.H2O/c1-13(2)10-18(14(3)20)19-17(12-22-15(4)21)11-16-8-6-5-7-9-16;1-11(2)8-14(15(17)18)16-13(10-19)9-12-6-4-3-5-7-12;1-9(13)14-8-11(12)7-10-5-3-2-4-6-10;1-6(2)5-7(3)8(4)9;;/h5-9,13,17-19H,10-12H2,1-4H3;3-7,11,13-14,16,19H,8-10H2,1-2H3,(H,17,18);2-6,11H,7-8,12H2,1H3;6-7H,5H2,1-4H3;;1H2/q;;;;+1;/p-1/t17-,18+;13-,14+;11-;7-;;/m1111../s1. The molecule has 3 aromatic rings. The Bertz CT molecular complexity index is 1720. The molecule has 3 rings (SSSR count). The molecule has 0 fully saturated rings. The number of Topliss-reactive ketones (excluding diaryl/α,β-unsaturated/α-hetero) is 2. The fourth-order valence-corrected chi connectivity index (χ4v) is 7.99. The second-order valence-corrected chi connectivity index (χ2v) is 20.6. The zero-order valence-electron chi connectivity index (χ0n) is 42.0. The Balaban J connectivity index is -0.000000828. The van der Waals surface area contributed by atoms with Gasteiger partial charge in [0.15, 0.2) is 10.2 Å². The van der Waals surface area contributed by atoms with Crippen LogP contribution < -0.4 is 45.9 Å². The van der Waals surface area contributed by atoms with Crippen LogP contribution in [0.4, 0.5) is 0 Å². The number of carboxylic acid groups (broad SMARTS) is 1. The zero-order valence-corrected chi connectivity index (χ0v) is 46.5. The van der Waals surface area contributed by atoms with Crippen LogP contribution in [-0.2, 0) is 43.2 Å². The third kappa shape index (κ3) is 37.7. The van der Waals surface area contributed by atoms with Crippen molar-refractivity contribution in [3.05, 3.63) is 108 Å². The van der Waals surface area contributed by atoms with Crippen LogP contribution in [-0.4, -0.2) is 85.8 Å². The van der Waals surface area contributed by atoms with Gasteiger partial charge in [-0.2, -0.15) is 12.6 Å². The minimum atomic E-state index is -0.784. The molecule has 366 valence electrons. The Kier molecular flexibility index (Phi) is 41.8. The van der Waals surface area contributed by atoms with Crippen LogP contribution in [0.1, 0.15) is 112 Å². The number of thioether (sulfide) groups is 2. The molecule has 0 aromatic heterocycles. The number of rotatable bonds is 24. The summed E-state index contributed by atoms with van der Waals surface area (Å²) in [6.07, 6.45) is 4.94. The number of aliphatic carboxylic acids is 1. The summed E-state index contributed by atoms with van der Waals surface area (Å²) in [6.45, 7) is 21.0. The van der Waals surface area contributed by atoms with Gasteiger partial charge in [0.2, 0.25) is 0 Å². The second kappa shape index (κ2) is 40.6. The molecule has 0 bridgehead atoms. The van der Waals surface area contributed by atoms with E-state index < -0.39 is 12.0 Å². The molecule has 6 N–H and O–H groups in total. The molecule has 0 amide bonds. The molecule has 0 saturated carbocycles. The average Bonchev–Trinajstić information content (AvgIpc) is 3.22. The van der Waals surface area contributed by atoms with Gasteiger partial charge in [-0.25, -0.2) is 0 Å². The van der Waals surface area contributed by atoms with Crippen molar-refractivity contribution in [3.8, 4) is 0 Å². The molecule has 0 aliphatic carbocycles. The summed E-state index contributed by atoms with van der Waals surface area (Å²) in [4.78, 5) is 55.8. The molecule has 0 aliphatic heterocycles. The number of hydrogen-bond donors (Lipinski definition) is 5. The first-order valence-corrected chi connectivity index (χ1v) is 25.2. The van der Waals surface area contributed by atoms with Crippen molar-refractivity contribution in [2.75, 3.05) is 17.3 Å². The summed E-state index contributed by atoms with van der Waals surface area (Å²) >= 11 is 6.94. The topological polar surface area (TPSA) is 186 Å². The molecular weight excluding hydrogens is 898 g/mol. The van der Waals surface area contributed by atoms with Crippen LogP contribution in [0.3, 0.4) is 0 Å². The van der Waals surface area contributed by atoms with Crippen molar-refractivity contribution in [3.63, 3.8) is 0 Å². The van der Waals surface area contributed by atoms with Crippen LogP contribution in [0.25, 0.3) is 0 Å². The summed E-state index contributed by atoms with van der Waals surface area (Å²) in [6, 6.07) is 30.0. The zero-order chi connectivity index (χ0) is 48.6. The summed E-state index contributed by atoms with van der Waals surface area (Å²) in [5.74, 6) is 3.41. The van der Waals surface area contributed by atoms with E-state index in [4.69, 9.17) is 5.73 Å². The Labute approximate surface area is 434 Å². The van der Waals surface area contributed by atoms with Crippen molar-refractivity contribution in [2.45, 2.75) is 145 Å². The van der Waals surface area contributed by atoms with Crippen LogP contribution in [0.15, 0.2) is 91.0 Å². The van der Waals surface area contributed by atoms with Gasteiger partial charge in [0.1, 0.15) is 17.6 Å². The summed E-state index contributed by atoms with van der Waals surface area (Å²) < 4.78 is 0. The Hall–Kier alpha value is -2.30. The first kappa shape index (κ1) is 68.0. The monoisotopic (exact) mass is 980 g/mol. The van der Waals surface area contributed by atoms with E-state index in [-0.39, 0.29) is 81.1 Å². The van der Waals surface area contributed by atoms with Crippen molar-refractivity contribution in [1.82, 2.24) is 10.6 Å². The maximum Gasteiger partial charge on any atom is 1.00 e.